The molecule has 2 unspecified atom stereocenters. The van der Waals surface area contributed by atoms with E-state index in [0.29, 0.717) is 41.2 Å². The van der Waals surface area contributed by atoms with Crippen molar-refractivity contribution >= 4 is 49.8 Å². The first kappa shape index (κ1) is 46.8. The fraction of sp³-hybridized carbons (Fsp3) is 0.410. The van der Waals surface area contributed by atoms with Gasteiger partial charge in [0, 0.05) is 34.6 Å². The highest BCUT2D eigenvalue weighted by Gasteiger charge is 2.56. The Balaban J connectivity index is 0.000000365. The van der Waals surface area contributed by atoms with Gasteiger partial charge in [-0.3, -0.25) is 4.79 Å². The fourth-order valence-corrected chi connectivity index (χ4v) is 6.61. The molecular formula is C39H46Br2F3N3O6+2. The Bertz CT molecular complexity index is 1800. The predicted molar refractivity (Wildman–Crippen MR) is 207 cm³/mol. The molecule has 0 saturated carbocycles. The number of carbonyl (C=O) groups is 3. The Hall–Kier alpha value is -4.24. The number of alkyl halides is 2. The summed E-state index contributed by atoms with van der Waals surface area (Å²) in [5.41, 5.74) is 8.08. The first-order chi connectivity index (χ1) is 24.8. The number of carbonyl (C=O) groups excluding carboxylic acids is 3. The van der Waals surface area contributed by atoms with Crippen LogP contribution in [0.15, 0.2) is 54.6 Å². The Morgan fingerprint density at radius 2 is 1.25 bits per heavy atom. The minimum Gasteiger partial charge on any atom is -0.465 e. The van der Waals surface area contributed by atoms with Crippen LogP contribution in [0.3, 0.4) is 0 Å². The number of halogens is 5. The molecule has 3 aromatic carbocycles. The largest absolute Gasteiger partial charge is 0.465 e. The molecule has 5 rings (SSSR count). The monoisotopic (exact) mass is 867 g/mol. The van der Waals surface area contributed by atoms with E-state index in [1.165, 1.54) is 18.2 Å². The third-order valence-electron chi connectivity index (χ3n) is 7.99. The molecule has 0 heterocycles. The number of nitrogens with two attached hydrogens (primary N) is 1. The van der Waals surface area contributed by atoms with Crippen molar-refractivity contribution in [1.82, 2.24) is 0 Å². The number of benzene rings is 3. The summed E-state index contributed by atoms with van der Waals surface area (Å²) in [6.45, 7) is 16.1. The standard InChI is InChI=1S/C13H13FNO2.C12H14FNO2.C8H7Br2F.C5H8NO2.CH4/c1-3-17-12(16)13(15-2)7-9-5-4-6-11(14)10(9)8-13;1-2-16-11(15)12(14)6-8-4-3-5-10(13)9(8)7-12;9-4-6-2-1-3-8(11)7(6)5-10;1-3-8-5(7)4-6-2;/h2,4-6H,3,7-8H2,1H3;3-5H,2,6-7,14H2,1H3;1-3H,4-5H2;2H,3-4H2,1H3;1H4/q+1;;;+1;. The van der Waals surface area contributed by atoms with Gasteiger partial charge in [-0.2, -0.15) is 0 Å². The molecule has 0 spiro atoms. The maximum Gasteiger partial charge on any atom is 0.398 e. The van der Waals surface area contributed by atoms with Crippen molar-refractivity contribution in [2.24, 2.45) is 5.73 Å². The third kappa shape index (κ3) is 12.7. The highest BCUT2D eigenvalue weighted by atomic mass is 79.9. The number of nitrogens with zero attached hydrogens (tertiary/aromatic N) is 2. The van der Waals surface area contributed by atoms with Crippen LogP contribution in [-0.4, -0.2) is 55.4 Å². The zero-order valence-electron chi connectivity index (χ0n) is 29.2. The number of rotatable bonds is 8. The maximum atomic E-state index is 13.6. The molecule has 286 valence electrons. The van der Waals surface area contributed by atoms with Crippen LogP contribution in [0.1, 0.15) is 61.6 Å². The zero-order chi connectivity index (χ0) is 38.9. The molecule has 0 fully saturated rings. The Kier molecular flexibility index (Phi) is 20.1. The smallest absolute Gasteiger partial charge is 0.398 e. The second kappa shape index (κ2) is 22.7. The van der Waals surface area contributed by atoms with Crippen LogP contribution in [-0.2, 0) is 64.9 Å². The zero-order valence-corrected chi connectivity index (χ0v) is 32.4. The lowest BCUT2D eigenvalue weighted by atomic mass is 9.97. The van der Waals surface area contributed by atoms with Gasteiger partial charge in [0.05, 0.1) is 32.7 Å². The molecule has 0 amide bonds. The van der Waals surface area contributed by atoms with Gasteiger partial charge in [-0.1, -0.05) is 85.4 Å². The number of ether oxygens (including phenoxy) is 3. The number of fused-ring (bicyclic) bond motifs is 2. The molecule has 2 aliphatic rings. The van der Waals surface area contributed by atoms with Crippen molar-refractivity contribution < 1.29 is 41.8 Å². The highest BCUT2D eigenvalue weighted by molar-refractivity contribution is 9.09. The molecule has 2 atom stereocenters. The summed E-state index contributed by atoms with van der Waals surface area (Å²) in [4.78, 5) is 40.5. The lowest BCUT2D eigenvalue weighted by molar-refractivity contribution is -0.149. The van der Waals surface area contributed by atoms with Crippen molar-refractivity contribution in [3.8, 4) is 13.1 Å². The third-order valence-corrected chi connectivity index (χ3v) is 9.15. The normalized spacial score (nSPS) is 17.1. The van der Waals surface area contributed by atoms with Crippen molar-refractivity contribution in [3.05, 3.63) is 115 Å². The molecule has 14 heteroatoms. The van der Waals surface area contributed by atoms with E-state index in [0.717, 1.165) is 22.3 Å². The molecule has 9 nitrogen and oxygen atoms in total. The summed E-state index contributed by atoms with van der Waals surface area (Å²) < 4.78 is 54.4. The van der Waals surface area contributed by atoms with Gasteiger partial charge in [-0.05, 0) is 61.2 Å². The fourth-order valence-electron chi connectivity index (χ4n) is 5.45. The molecule has 0 bridgehead atoms. The van der Waals surface area contributed by atoms with E-state index in [1.807, 2.05) is 6.07 Å². The van der Waals surface area contributed by atoms with E-state index < -0.39 is 23.0 Å². The molecular weight excluding hydrogens is 823 g/mol. The number of hydrogen-bond donors (Lipinski definition) is 1. The first-order valence-corrected chi connectivity index (χ1v) is 18.5. The highest BCUT2D eigenvalue weighted by Crippen LogP contribution is 2.36. The average Bonchev–Trinajstić information content (AvgIpc) is 3.70. The summed E-state index contributed by atoms with van der Waals surface area (Å²) in [7, 11) is 0. The molecule has 53 heavy (non-hydrogen) atoms. The number of esters is 3. The summed E-state index contributed by atoms with van der Waals surface area (Å²) in [5.74, 6) is -2.08. The maximum absolute atomic E-state index is 13.6. The van der Waals surface area contributed by atoms with Gasteiger partial charge in [0.25, 0.3) is 13.1 Å². The van der Waals surface area contributed by atoms with E-state index >= 15 is 0 Å². The van der Waals surface area contributed by atoms with Crippen LogP contribution >= 0.6 is 31.9 Å². The summed E-state index contributed by atoms with van der Waals surface area (Å²) >= 11 is 6.53. The predicted octanol–water partition coefficient (Wildman–Crippen LogP) is 8.14. The van der Waals surface area contributed by atoms with Gasteiger partial charge in [0.2, 0.25) is 0 Å². The SMILES string of the molecule is C.C#[N+]C1(C(=O)OCC)Cc2cccc(F)c2C1.C#[N+]CC(=O)OCC.CCOC(=O)C1(N)Cc2cccc(F)c2C1.Fc1cccc(CBr)c1CBr. The lowest BCUT2D eigenvalue weighted by Gasteiger charge is -2.20. The molecule has 0 saturated heterocycles. The van der Waals surface area contributed by atoms with Crippen molar-refractivity contribution in [2.45, 2.75) is 75.6 Å². The average molecular weight is 870 g/mol. The van der Waals surface area contributed by atoms with E-state index in [2.05, 4.69) is 52.9 Å². The number of hydrogen-bond acceptors (Lipinski definition) is 7. The van der Waals surface area contributed by atoms with E-state index in [4.69, 9.17) is 21.8 Å². The van der Waals surface area contributed by atoms with Crippen LogP contribution in [0.25, 0.3) is 9.69 Å². The summed E-state index contributed by atoms with van der Waals surface area (Å²) in [6.07, 6.45) is 1.03. The molecule has 0 aromatic heterocycles. The topological polar surface area (TPSA) is 114 Å². The van der Waals surface area contributed by atoms with Gasteiger partial charge in [-0.15, -0.1) is 0 Å². The molecule has 2 aliphatic carbocycles. The van der Waals surface area contributed by atoms with E-state index in [1.54, 1.807) is 51.1 Å². The lowest BCUT2D eigenvalue weighted by Crippen LogP contribution is -2.50. The van der Waals surface area contributed by atoms with Gasteiger partial charge in [0.1, 0.15) is 23.0 Å². The van der Waals surface area contributed by atoms with Gasteiger partial charge < -0.3 is 19.9 Å². The van der Waals surface area contributed by atoms with Crippen molar-refractivity contribution in [2.75, 3.05) is 26.4 Å². The van der Waals surface area contributed by atoms with Crippen LogP contribution in [0, 0.1) is 30.6 Å². The second-order valence-corrected chi connectivity index (χ2v) is 12.6. The first-order valence-electron chi connectivity index (χ1n) is 16.3. The van der Waals surface area contributed by atoms with Crippen LogP contribution in [0.2, 0.25) is 0 Å². The molecule has 3 aromatic rings. The van der Waals surface area contributed by atoms with Gasteiger partial charge in [0.15, 0.2) is 0 Å². The Morgan fingerprint density at radius 1 is 0.736 bits per heavy atom. The van der Waals surface area contributed by atoms with Crippen molar-refractivity contribution in [1.29, 1.82) is 0 Å². The van der Waals surface area contributed by atoms with Crippen LogP contribution < -0.4 is 5.73 Å². The van der Waals surface area contributed by atoms with Crippen LogP contribution in [0.5, 0.6) is 0 Å². The van der Waals surface area contributed by atoms with Gasteiger partial charge >= 0.3 is 30.0 Å². The molecule has 2 N–H and O–H groups in total. The molecule has 0 radical (unpaired) electrons. The Labute approximate surface area is 326 Å². The minimum atomic E-state index is -1.15. The van der Waals surface area contributed by atoms with E-state index in [-0.39, 0.29) is 63.4 Å². The molecule has 0 aliphatic heterocycles. The quantitative estimate of drug-likeness (QED) is 0.138. The van der Waals surface area contributed by atoms with Gasteiger partial charge in [-0.25, -0.2) is 22.8 Å². The van der Waals surface area contributed by atoms with E-state index in [9.17, 15) is 27.6 Å². The summed E-state index contributed by atoms with van der Waals surface area (Å²) in [6, 6.07) is 14.7. The van der Waals surface area contributed by atoms with Crippen LogP contribution in [0.4, 0.5) is 13.2 Å². The Morgan fingerprint density at radius 3 is 1.70 bits per heavy atom. The minimum absolute atomic E-state index is 0. The van der Waals surface area contributed by atoms with Crippen molar-refractivity contribution in [3.63, 3.8) is 0 Å². The summed E-state index contributed by atoms with van der Waals surface area (Å²) in [5, 5.41) is 1.27. The second-order valence-electron chi connectivity index (χ2n) is 11.5.